The van der Waals surface area contributed by atoms with Crippen molar-refractivity contribution < 1.29 is 0 Å². The maximum Gasteiger partial charge on any atom is 0.0658 e. The van der Waals surface area contributed by atoms with Crippen LogP contribution in [-0.4, -0.2) is 24.2 Å². The predicted molar refractivity (Wildman–Crippen MR) is 42.0 cm³/mol. The Morgan fingerprint density at radius 3 is 2.60 bits per heavy atom. The van der Waals surface area contributed by atoms with Gasteiger partial charge in [-0.2, -0.15) is 0 Å². The van der Waals surface area contributed by atoms with Crippen LogP contribution in [0.25, 0.3) is 0 Å². The second-order valence-electron chi connectivity index (χ2n) is 2.23. The molecule has 56 valence electrons. The molecular formula is C7H13N3. The highest BCUT2D eigenvalue weighted by molar-refractivity contribution is 5.13. The molecule has 1 unspecified atom stereocenters. The van der Waals surface area contributed by atoms with Crippen molar-refractivity contribution in [2.24, 2.45) is 11.5 Å². The highest BCUT2D eigenvalue weighted by atomic mass is 15.2. The Kier molecular flexibility index (Phi) is 2.48. The molecule has 0 radical (unpaired) electrons. The van der Waals surface area contributed by atoms with E-state index in [1.54, 1.807) is 0 Å². The Morgan fingerprint density at radius 1 is 1.30 bits per heavy atom. The van der Waals surface area contributed by atoms with Crippen molar-refractivity contribution in [2.45, 2.75) is 6.04 Å². The lowest BCUT2D eigenvalue weighted by Crippen LogP contribution is -2.39. The number of allylic oxidation sites excluding steroid dienone is 2. The molecule has 10 heavy (non-hydrogen) atoms. The fourth-order valence-electron chi connectivity index (χ4n) is 0.984. The first-order valence-corrected chi connectivity index (χ1v) is 3.39. The van der Waals surface area contributed by atoms with Crippen molar-refractivity contribution in [1.82, 2.24) is 4.90 Å². The summed E-state index contributed by atoms with van der Waals surface area (Å²) in [6.07, 6.45) is 7.95. The monoisotopic (exact) mass is 139 g/mol. The molecule has 0 aromatic heterocycles. The molecule has 0 saturated carbocycles. The second kappa shape index (κ2) is 3.39. The van der Waals surface area contributed by atoms with Crippen LogP contribution >= 0.6 is 0 Å². The van der Waals surface area contributed by atoms with Crippen molar-refractivity contribution in [1.29, 1.82) is 0 Å². The van der Waals surface area contributed by atoms with Crippen molar-refractivity contribution in [3.8, 4) is 0 Å². The van der Waals surface area contributed by atoms with Gasteiger partial charge in [0.1, 0.15) is 0 Å². The molecule has 0 aromatic rings. The van der Waals surface area contributed by atoms with E-state index in [0.717, 1.165) is 0 Å². The van der Waals surface area contributed by atoms with E-state index in [4.69, 9.17) is 11.5 Å². The molecule has 0 amide bonds. The molecule has 3 nitrogen and oxygen atoms in total. The molecule has 0 saturated heterocycles. The van der Waals surface area contributed by atoms with E-state index < -0.39 is 0 Å². The summed E-state index contributed by atoms with van der Waals surface area (Å²) >= 11 is 0. The average molecular weight is 139 g/mol. The minimum Gasteiger partial charge on any atom is -0.357 e. The average Bonchev–Trinajstić information content (AvgIpc) is 2.04. The van der Waals surface area contributed by atoms with E-state index in [1.807, 2.05) is 29.3 Å². The van der Waals surface area contributed by atoms with E-state index in [2.05, 4.69) is 0 Å². The van der Waals surface area contributed by atoms with Gasteiger partial charge in [0.05, 0.1) is 12.7 Å². The summed E-state index contributed by atoms with van der Waals surface area (Å²) in [6.45, 7) is 1.15. The van der Waals surface area contributed by atoms with Crippen molar-refractivity contribution in [3.63, 3.8) is 0 Å². The first-order valence-electron chi connectivity index (χ1n) is 3.39. The maximum absolute atomic E-state index is 5.49. The third-order valence-electron chi connectivity index (χ3n) is 1.60. The lowest BCUT2D eigenvalue weighted by atomic mass is 10.2. The fourth-order valence-corrected chi connectivity index (χ4v) is 0.984. The van der Waals surface area contributed by atoms with E-state index in [-0.39, 0.29) is 6.04 Å². The zero-order valence-corrected chi connectivity index (χ0v) is 5.90. The van der Waals surface area contributed by atoms with Crippen LogP contribution in [0.15, 0.2) is 24.4 Å². The van der Waals surface area contributed by atoms with Gasteiger partial charge in [0.15, 0.2) is 0 Å². The lowest BCUT2D eigenvalue weighted by Gasteiger charge is -2.27. The fraction of sp³-hybridized carbons (Fsp3) is 0.429. The topological polar surface area (TPSA) is 55.3 Å². The summed E-state index contributed by atoms with van der Waals surface area (Å²) in [7, 11) is 0. The second-order valence-corrected chi connectivity index (χ2v) is 2.23. The molecule has 0 aliphatic carbocycles. The van der Waals surface area contributed by atoms with Crippen molar-refractivity contribution in [3.05, 3.63) is 24.4 Å². The van der Waals surface area contributed by atoms with Gasteiger partial charge in [-0.05, 0) is 6.08 Å². The van der Waals surface area contributed by atoms with Crippen LogP contribution in [-0.2, 0) is 0 Å². The summed E-state index contributed by atoms with van der Waals surface area (Å²) in [4.78, 5) is 2.00. The maximum atomic E-state index is 5.49. The molecule has 1 heterocycles. The summed E-state index contributed by atoms with van der Waals surface area (Å²) in [5.74, 6) is 0. The highest BCUT2D eigenvalue weighted by Gasteiger charge is 2.09. The summed E-state index contributed by atoms with van der Waals surface area (Å²) in [5.41, 5.74) is 10.9. The minimum absolute atomic E-state index is 0.287. The zero-order chi connectivity index (χ0) is 7.40. The van der Waals surface area contributed by atoms with E-state index in [0.29, 0.717) is 13.2 Å². The van der Waals surface area contributed by atoms with E-state index in [9.17, 15) is 0 Å². The molecular weight excluding hydrogens is 126 g/mol. The van der Waals surface area contributed by atoms with Gasteiger partial charge in [-0.3, -0.25) is 0 Å². The Bertz CT molecular complexity index is 133. The quantitative estimate of drug-likeness (QED) is 0.548. The van der Waals surface area contributed by atoms with E-state index in [1.165, 1.54) is 0 Å². The SMILES string of the molecule is NCC1C=CC=CN1CN. The van der Waals surface area contributed by atoms with Crippen LogP contribution in [0.5, 0.6) is 0 Å². The van der Waals surface area contributed by atoms with Crippen LogP contribution in [0.3, 0.4) is 0 Å². The lowest BCUT2D eigenvalue weighted by molar-refractivity contribution is 0.329. The van der Waals surface area contributed by atoms with Gasteiger partial charge in [-0.1, -0.05) is 12.2 Å². The molecule has 1 rings (SSSR count). The van der Waals surface area contributed by atoms with Gasteiger partial charge in [0.2, 0.25) is 0 Å². The number of hydrogen-bond acceptors (Lipinski definition) is 3. The van der Waals surface area contributed by atoms with Gasteiger partial charge in [0, 0.05) is 12.7 Å². The van der Waals surface area contributed by atoms with Gasteiger partial charge >= 0.3 is 0 Å². The molecule has 0 bridgehead atoms. The summed E-state index contributed by atoms with van der Waals surface area (Å²) in [6, 6.07) is 0.287. The number of rotatable bonds is 2. The van der Waals surface area contributed by atoms with Gasteiger partial charge in [-0.15, -0.1) is 0 Å². The first kappa shape index (κ1) is 7.31. The molecule has 0 fully saturated rings. The van der Waals surface area contributed by atoms with Crippen molar-refractivity contribution >= 4 is 0 Å². The molecule has 1 atom stereocenters. The van der Waals surface area contributed by atoms with Crippen LogP contribution in [0.4, 0.5) is 0 Å². The highest BCUT2D eigenvalue weighted by Crippen LogP contribution is 2.04. The van der Waals surface area contributed by atoms with E-state index >= 15 is 0 Å². The molecule has 1 aliphatic rings. The molecule has 4 N–H and O–H groups in total. The minimum atomic E-state index is 0.287. The number of hydrogen-bond donors (Lipinski definition) is 2. The van der Waals surface area contributed by atoms with Crippen LogP contribution < -0.4 is 11.5 Å². The normalized spacial score (nSPS) is 23.8. The van der Waals surface area contributed by atoms with Crippen LogP contribution in [0.2, 0.25) is 0 Å². The largest absolute Gasteiger partial charge is 0.357 e. The first-order chi connectivity index (χ1) is 4.88. The zero-order valence-electron chi connectivity index (χ0n) is 5.90. The van der Waals surface area contributed by atoms with Crippen LogP contribution in [0.1, 0.15) is 0 Å². The third-order valence-corrected chi connectivity index (χ3v) is 1.60. The summed E-state index contributed by atoms with van der Waals surface area (Å²) < 4.78 is 0. The number of nitrogens with two attached hydrogens (primary N) is 2. The molecule has 0 aromatic carbocycles. The Balaban J connectivity index is 2.55. The Morgan fingerprint density at radius 2 is 2.10 bits per heavy atom. The molecule has 3 heteroatoms. The molecule has 0 spiro atoms. The molecule has 1 aliphatic heterocycles. The van der Waals surface area contributed by atoms with Gasteiger partial charge < -0.3 is 16.4 Å². The van der Waals surface area contributed by atoms with Crippen LogP contribution in [0, 0.1) is 0 Å². The van der Waals surface area contributed by atoms with Crippen molar-refractivity contribution in [2.75, 3.05) is 13.2 Å². The smallest absolute Gasteiger partial charge is 0.0658 e. The summed E-state index contributed by atoms with van der Waals surface area (Å²) in [5, 5.41) is 0. The standard InChI is InChI=1S/C7H13N3/c8-5-7-3-1-2-4-10(7)6-9/h1-4,7H,5-6,8-9H2. The number of nitrogens with zero attached hydrogens (tertiary/aromatic N) is 1. The van der Waals surface area contributed by atoms with Gasteiger partial charge in [0.25, 0.3) is 0 Å². The Labute approximate surface area is 61.0 Å². The predicted octanol–water partition coefficient (Wildman–Crippen LogP) is -0.385. The van der Waals surface area contributed by atoms with Gasteiger partial charge in [-0.25, -0.2) is 0 Å². The Hall–Kier alpha value is -0.800. The third kappa shape index (κ3) is 1.37.